The number of benzene rings is 2. The second-order valence-corrected chi connectivity index (χ2v) is 8.95. The van der Waals surface area contributed by atoms with Gasteiger partial charge in [-0.25, -0.2) is 18.0 Å². The van der Waals surface area contributed by atoms with Crippen LogP contribution < -0.4 is 24.8 Å². The molecule has 0 bridgehead atoms. The molecule has 0 saturated heterocycles. The van der Waals surface area contributed by atoms with Crippen LogP contribution in [0.25, 0.3) is 0 Å². The number of sulfone groups is 1. The lowest BCUT2D eigenvalue weighted by atomic mass is 9.95. The largest absolute Gasteiger partial charge is 0.497 e. The van der Waals surface area contributed by atoms with Crippen molar-refractivity contribution in [1.82, 2.24) is 10.6 Å². The lowest BCUT2D eigenvalue weighted by molar-refractivity contribution is -0.136. The van der Waals surface area contributed by atoms with Crippen LogP contribution in [0.3, 0.4) is 0 Å². The zero-order chi connectivity index (χ0) is 24.2. The van der Waals surface area contributed by atoms with Crippen LogP contribution in [0.2, 0.25) is 0 Å². The van der Waals surface area contributed by atoms with Gasteiger partial charge in [-0.1, -0.05) is 6.07 Å². The summed E-state index contributed by atoms with van der Waals surface area (Å²) >= 11 is 0. The fourth-order valence-corrected chi connectivity index (χ4v) is 4.75. The van der Waals surface area contributed by atoms with Crippen molar-refractivity contribution in [2.24, 2.45) is 0 Å². The molecule has 0 radical (unpaired) electrons. The maximum absolute atomic E-state index is 13.1. The Morgan fingerprint density at radius 2 is 1.61 bits per heavy atom. The molecule has 0 saturated carbocycles. The van der Waals surface area contributed by atoms with Crippen molar-refractivity contribution in [3.63, 3.8) is 0 Å². The SMILES string of the molecule is COC(=O)C1=C(CS(=O)(=O)c2ccc(OC)cc2)NC(=O)NC1c1ccc(OC)c(OC)c1. The highest BCUT2D eigenvalue weighted by Gasteiger charge is 2.36. The molecule has 176 valence electrons. The number of hydrogen-bond acceptors (Lipinski definition) is 8. The van der Waals surface area contributed by atoms with E-state index in [1.165, 1.54) is 52.7 Å². The lowest BCUT2D eigenvalue weighted by Gasteiger charge is -2.29. The summed E-state index contributed by atoms with van der Waals surface area (Å²) in [4.78, 5) is 25.1. The average molecular weight is 477 g/mol. The molecule has 11 heteroatoms. The molecule has 1 aliphatic heterocycles. The standard InChI is InChI=1S/C22H24N2O8S/c1-29-14-6-8-15(9-7-14)33(27,28)12-16-19(21(25)32-4)20(24-22(26)23-16)13-5-10-17(30-2)18(11-13)31-3/h5-11,20H,12H2,1-4H3,(H2,23,24,26). The van der Waals surface area contributed by atoms with Gasteiger partial charge >= 0.3 is 12.0 Å². The van der Waals surface area contributed by atoms with Crippen molar-refractivity contribution in [3.8, 4) is 17.2 Å². The van der Waals surface area contributed by atoms with Crippen LogP contribution in [-0.2, 0) is 19.4 Å². The Morgan fingerprint density at radius 3 is 2.18 bits per heavy atom. The van der Waals surface area contributed by atoms with Crippen molar-refractivity contribution in [3.05, 3.63) is 59.3 Å². The average Bonchev–Trinajstić information content (AvgIpc) is 2.82. The van der Waals surface area contributed by atoms with Gasteiger partial charge in [-0.3, -0.25) is 0 Å². The van der Waals surface area contributed by atoms with Gasteiger partial charge in [-0.2, -0.15) is 0 Å². The second-order valence-electron chi connectivity index (χ2n) is 6.96. The third-order valence-corrected chi connectivity index (χ3v) is 6.71. The molecule has 0 spiro atoms. The van der Waals surface area contributed by atoms with Gasteiger partial charge in [0.15, 0.2) is 21.3 Å². The van der Waals surface area contributed by atoms with Crippen LogP contribution in [0, 0.1) is 0 Å². The molecule has 1 aliphatic rings. The van der Waals surface area contributed by atoms with Gasteiger partial charge < -0.3 is 29.6 Å². The Hall–Kier alpha value is -3.73. The number of hydrogen-bond donors (Lipinski definition) is 2. The van der Waals surface area contributed by atoms with Crippen molar-refractivity contribution in [2.45, 2.75) is 10.9 Å². The van der Waals surface area contributed by atoms with E-state index in [2.05, 4.69) is 10.6 Å². The highest BCUT2D eigenvalue weighted by molar-refractivity contribution is 7.91. The lowest BCUT2D eigenvalue weighted by Crippen LogP contribution is -2.47. The van der Waals surface area contributed by atoms with Crippen molar-refractivity contribution in [1.29, 1.82) is 0 Å². The summed E-state index contributed by atoms with van der Waals surface area (Å²) in [7, 11) is 1.65. The number of esters is 1. The molecule has 1 unspecified atom stereocenters. The van der Waals surface area contributed by atoms with Crippen molar-refractivity contribution >= 4 is 21.8 Å². The zero-order valence-corrected chi connectivity index (χ0v) is 19.3. The summed E-state index contributed by atoms with van der Waals surface area (Å²) in [6.45, 7) is 0. The van der Waals surface area contributed by atoms with E-state index in [0.29, 0.717) is 22.8 Å². The van der Waals surface area contributed by atoms with Gasteiger partial charge in [0.25, 0.3) is 0 Å². The number of carbonyl (C=O) groups is 2. The van der Waals surface area contributed by atoms with Crippen LogP contribution >= 0.6 is 0 Å². The summed E-state index contributed by atoms with van der Waals surface area (Å²) < 4.78 is 46.6. The molecule has 1 atom stereocenters. The normalized spacial score (nSPS) is 15.9. The van der Waals surface area contributed by atoms with Crippen LogP contribution in [0.15, 0.2) is 58.6 Å². The van der Waals surface area contributed by atoms with E-state index >= 15 is 0 Å². The van der Waals surface area contributed by atoms with E-state index in [1.807, 2.05) is 0 Å². The minimum atomic E-state index is -3.92. The van der Waals surface area contributed by atoms with E-state index in [1.54, 1.807) is 18.2 Å². The molecule has 2 aromatic carbocycles. The number of urea groups is 1. The highest BCUT2D eigenvalue weighted by Crippen LogP contribution is 2.35. The van der Waals surface area contributed by atoms with E-state index in [9.17, 15) is 18.0 Å². The first-order valence-electron chi connectivity index (χ1n) is 9.71. The molecule has 0 fully saturated rings. The molecular weight excluding hydrogens is 452 g/mol. The fraction of sp³-hybridized carbons (Fsp3) is 0.273. The Kier molecular flexibility index (Phi) is 7.12. The molecule has 3 rings (SSSR count). The van der Waals surface area contributed by atoms with Crippen molar-refractivity contribution in [2.75, 3.05) is 34.2 Å². The summed E-state index contributed by atoms with van der Waals surface area (Å²) in [5.74, 6) is -0.0952. The minimum absolute atomic E-state index is 0.00969. The van der Waals surface area contributed by atoms with Crippen LogP contribution in [0.4, 0.5) is 4.79 Å². The maximum Gasteiger partial charge on any atom is 0.338 e. The zero-order valence-electron chi connectivity index (χ0n) is 18.5. The Labute approximate surface area is 191 Å². The van der Waals surface area contributed by atoms with E-state index in [0.717, 1.165) is 0 Å². The third-order valence-electron chi connectivity index (χ3n) is 5.05. The molecular formula is C22H24N2O8S. The first-order chi connectivity index (χ1) is 15.7. The Balaban J connectivity index is 2.09. The highest BCUT2D eigenvalue weighted by atomic mass is 32.2. The molecule has 1 heterocycles. The summed E-state index contributed by atoms with van der Waals surface area (Å²) in [6.07, 6.45) is 0. The number of rotatable bonds is 8. The van der Waals surface area contributed by atoms with Crippen LogP contribution in [0.5, 0.6) is 17.2 Å². The molecule has 0 aromatic heterocycles. The molecule has 0 aliphatic carbocycles. The molecule has 2 N–H and O–H groups in total. The topological polar surface area (TPSA) is 129 Å². The van der Waals surface area contributed by atoms with E-state index < -0.39 is 33.6 Å². The number of carbonyl (C=O) groups excluding carboxylic acids is 2. The molecule has 33 heavy (non-hydrogen) atoms. The van der Waals surface area contributed by atoms with Gasteiger partial charge in [0.2, 0.25) is 0 Å². The summed E-state index contributed by atoms with van der Waals surface area (Å²) in [5, 5.41) is 5.09. The molecule has 2 aromatic rings. The smallest absolute Gasteiger partial charge is 0.338 e. The molecule has 10 nitrogen and oxygen atoms in total. The predicted molar refractivity (Wildman–Crippen MR) is 118 cm³/mol. The number of methoxy groups -OCH3 is 4. The summed E-state index contributed by atoms with van der Waals surface area (Å²) in [6, 6.07) is 9.00. The number of ether oxygens (including phenoxy) is 4. The van der Waals surface area contributed by atoms with Crippen molar-refractivity contribution < 1.29 is 37.0 Å². The van der Waals surface area contributed by atoms with Crippen LogP contribution in [-0.4, -0.2) is 54.6 Å². The van der Waals surface area contributed by atoms with Gasteiger partial charge in [0, 0.05) is 5.70 Å². The maximum atomic E-state index is 13.1. The van der Waals surface area contributed by atoms with Gasteiger partial charge in [-0.05, 0) is 42.0 Å². The predicted octanol–water partition coefficient (Wildman–Crippen LogP) is 1.97. The van der Waals surface area contributed by atoms with Gasteiger partial charge in [-0.15, -0.1) is 0 Å². The number of amides is 2. The number of nitrogens with one attached hydrogen (secondary N) is 2. The monoisotopic (exact) mass is 476 g/mol. The Bertz CT molecular complexity index is 1190. The van der Waals surface area contributed by atoms with E-state index in [4.69, 9.17) is 18.9 Å². The van der Waals surface area contributed by atoms with E-state index in [-0.39, 0.29) is 16.2 Å². The van der Waals surface area contributed by atoms with Crippen LogP contribution in [0.1, 0.15) is 11.6 Å². The Morgan fingerprint density at radius 1 is 0.939 bits per heavy atom. The quantitative estimate of drug-likeness (QED) is 0.553. The molecule has 2 amide bonds. The fourth-order valence-electron chi connectivity index (χ4n) is 3.42. The van der Waals surface area contributed by atoms with Gasteiger partial charge in [0.05, 0.1) is 50.7 Å². The second kappa shape index (κ2) is 9.82. The third kappa shape index (κ3) is 5.03. The summed E-state index contributed by atoms with van der Waals surface area (Å²) in [5.41, 5.74) is 0.352. The first kappa shape index (κ1) is 23.9. The van der Waals surface area contributed by atoms with Gasteiger partial charge in [0.1, 0.15) is 5.75 Å². The first-order valence-corrected chi connectivity index (χ1v) is 11.4. The minimum Gasteiger partial charge on any atom is -0.497 e.